The van der Waals surface area contributed by atoms with E-state index in [4.69, 9.17) is 11.6 Å². The Morgan fingerprint density at radius 2 is 1.75 bits per heavy atom. The van der Waals surface area contributed by atoms with E-state index in [2.05, 4.69) is 21.2 Å². The molecule has 0 saturated heterocycles. The molecule has 0 aliphatic carbocycles. The fourth-order valence-corrected chi connectivity index (χ4v) is 3.61. The third-order valence-corrected chi connectivity index (χ3v) is 5.22. The fraction of sp³-hybridized carbons (Fsp3) is 0.130. The van der Waals surface area contributed by atoms with Gasteiger partial charge in [-0.3, -0.25) is 0 Å². The highest BCUT2D eigenvalue weighted by Crippen LogP contribution is 2.34. The van der Waals surface area contributed by atoms with Gasteiger partial charge in [0.25, 0.3) is 0 Å². The zero-order valence-corrected chi connectivity index (χ0v) is 17.3. The van der Waals surface area contributed by atoms with E-state index in [0.717, 1.165) is 28.9 Å². The summed E-state index contributed by atoms with van der Waals surface area (Å²) in [6.07, 6.45) is -3.94. The van der Waals surface area contributed by atoms with Crippen LogP contribution in [0, 0.1) is 0 Å². The number of halogens is 4. The molecule has 1 atom stereocenters. The molecule has 0 bridgehead atoms. The molecule has 0 saturated carbocycles. The van der Waals surface area contributed by atoms with Crippen molar-refractivity contribution >= 4 is 34.7 Å². The quantitative estimate of drug-likeness (QED) is 0.395. The number of fused-ring (bicyclic) bond motifs is 1. The highest BCUT2D eigenvalue weighted by atomic mass is 35.5. The summed E-state index contributed by atoms with van der Waals surface area (Å²) in [5, 5.41) is 10.7. The van der Waals surface area contributed by atoms with Gasteiger partial charge in [0.05, 0.1) is 17.3 Å². The molecule has 32 heavy (non-hydrogen) atoms. The number of hydrogen-bond acceptors (Lipinski definition) is 3. The van der Waals surface area contributed by atoms with Gasteiger partial charge in [0.15, 0.2) is 0 Å². The van der Waals surface area contributed by atoms with Crippen molar-refractivity contribution in [3.05, 3.63) is 94.5 Å². The Morgan fingerprint density at radius 3 is 2.44 bits per heavy atom. The standard InChI is InChI=1S/C23H18ClF3N4O/c24-16-8-11-19-18(12-16)21(13-20(29-19)14-4-2-1-3-5-14)30-31-22(32)28-17-9-6-15(7-10-17)23(25,26)27/h1-12,20,29H,13H2,(H2,28,31,32). The monoisotopic (exact) mass is 458 g/mol. The fourth-order valence-electron chi connectivity index (χ4n) is 3.44. The van der Waals surface area contributed by atoms with Crippen LogP contribution in [0.2, 0.25) is 5.02 Å². The molecule has 5 nitrogen and oxygen atoms in total. The average Bonchev–Trinajstić information content (AvgIpc) is 2.78. The molecule has 1 unspecified atom stereocenters. The van der Waals surface area contributed by atoms with E-state index in [1.165, 1.54) is 12.1 Å². The maximum absolute atomic E-state index is 12.7. The highest BCUT2D eigenvalue weighted by molar-refractivity contribution is 6.31. The predicted octanol–water partition coefficient (Wildman–Crippen LogP) is 6.44. The van der Waals surface area contributed by atoms with Crippen molar-refractivity contribution in [2.45, 2.75) is 18.6 Å². The Bertz CT molecular complexity index is 1150. The van der Waals surface area contributed by atoms with Crippen LogP contribution in [0.4, 0.5) is 29.3 Å². The smallest absolute Gasteiger partial charge is 0.377 e. The minimum atomic E-state index is -4.44. The van der Waals surface area contributed by atoms with Gasteiger partial charge in [0, 0.05) is 28.4 Å². The van der Waals surface area contributed by atoms with Crippen LogP contribution in [0.15, 0.2) is 77.9 Å². The second-order valence-electron chi connectivity index (χ2n) is 7.20. The van der Waals surface area contributed by atoms with Crippen LogP contribution in [-0.2, 0) is 6.18 Å². The largest absolute Gasteiger partial charge is 0.416 e. The molecule has 0 fully saturated rings. The lowest BCUT2D eigenvalue weighted by molar-refractivity contribution is -0.137. The first-order chi connectivity index (χ1) is 15.3. The Hall–Kier alpha value is -3.52. The van der Waals surface area contributed by atoms with Crippen molar-refractivity contribution < 1.29 is 18.0 Å². The average molecular weight is 459 g/mol. The number of anilines is 2. The molecule has 0 spiro atoms. The molecule has 3 N–H and O–H groups in total. The molecule has 2 amide bonds. The summed E-state index contributed by atoms with van der Waals surface area (Å²) >= 11 is 6.15. The molecule has 1 heterocycles. The molecule has 1 aliphatic heterocycles. The van der Waals surface area contributed by atoms with Crippen LogP contribution in [-0.4, -0.2) is 11.7 Å². The minimum absolute atomic E-state index is 0.0524. The van der Waals surface area contributed by atoms with Gasteiger partial charge in [0.2, 0.25) is 0 Å². The van der Waals surface area contributed by atoms with E-state index in [1.54, 1.807) is 12.1 Å². The van der Waals surface area contributed by atoms with Crippen molar-refractivity contribution in [1.82, 2.24) is 5.43 Å². The number of hydrogen-bond donors (Lipinski definition) is 3. The summed E-state index contributed by atoms with van der Waals surface area (Å²) in [6.45, 7) is 0. The Morgan fingerprint density at radius 1 is 1.03 bits per heavy atom. The number of amides is 2. The number of carbonyl (C=O) groups is 1. The normalized spacial score (nSPS) is 16.8. The van der Waals surface area contributed by atoms with Crippen LogP contribution >= 0.6 is 11.6 Å². The number of nitrogens with one attached hydrogen (secondary N) is 3. The van der Waals surface area contributed by atoms with Gasteiger partial charge in [0.1, 0.15) is 0 Å². The van der Waals surface area contributed by atoms with Crippen molar-refractivity contribution in [3.8, 4) is 0 Å². The highest BCUT2D eigenvalue weighted by Gasteiger charge is 2.30. The summed E-state index contributed by atoms with van der Waals surface area (Å²) in [5.74, 6) is 0. The number of carbonyl (C=O) groups excluding carboxylic acids is 1. The van der Waals surface area contributed by atoms with Gasteiger partial charge < -0.3 is 10.6 Å². The van der Waals surface area contributed by atoms with Crippen LogP contribution in [0.1, 0.15) is 29.2 Å². The zero-order chi connectivity index (χ0) is 22.7. The molecule has 164 valence electrons. The van der Waals surface area contributed by atoms with E-state index in [9.17, 15) is 18.0 Å². The Balaban J connectivity index is 1.51. The summed E-state index contributed by atoms with van der Waals surface area (Å²) in [5.41, 5.74) is 5.13. The second kappa shape index (κ2) is 8.92. The molecule has 4 rings (SSSR count). The molecule has 0 aromatic heterocycles. The van der Waals surface area contributed by atoms with Crippen LogP contribution < -0.4 is 16.1 Å². The number of alkyl halides is 3. The third kappa shape index (κ3) is 5.03. The van der Waals surface area contributed by atoms with Crippen LogP contribution in [0.25, 0.3) is 0 Å². The summed E-state index contributed by atoms with van der Waals surface area (Å²) in [6, 6.07) is 18.6. The summed E-state index contributed by atoms with van der Waals surface area (Å²) in [4.78, 5) is 12.3. The van der Waals surface area contributed by atoms with Gasteiger partial charge >= 0.3 is 12.2 Å². The molecule has 3 aromatic rings. The third-order valence-electron chi connectivity index (χ3n) is 4.98. The molecular weight excluding hydrogens is 441 g/mol. The first-order valence-electron chi connectivity index (χ1n) is 9.72. The number of nitrogens with zero attached hydrogens (tertiary/aromatic N) is 1. The van der Waals surface area contributed by atoms with Gasteiger partial charge in [-0.25, -0.2) is 10.2 Å². The lowest BCUT2D eigenvalue weighted by Gasteiger charge is -2.28. The Kier molecular flexibility index (Phi) is 6.05. The van der Waals surface area contributed by atoms with Crippen molar-refractivity contribution in [2.24, 2.45) is 5.10 Å². The first kappa shape index (κ1) is 21.7. The summed E-state index contributed by atoms with van der Waals surface area (Å²) in [7, 11) is 0. The van der Waals surface area contributed by atoms with Crippen molar-refractivity contribution in [3.63, 3.8) is 0 Å². The van der Waals surface area contributed by atoms with E-state index in [0.29, 0.717) is 17.2 Å². The van der Waals surface area contributed by atoms with Crippen LogP contribution in [0.3, 0.4) is 0 Å². The predicted molar refractivity (Wildman–Crippen MR) is 119 cm³/mol. The van der Waals surface area contributed by atoms with Crippen molar-refractivity contribution in [2.75, 3.05) is 10.6 Å². The Labute approximate surface area is 187 Å². The summed E-state index contributed by atoms with van der Waals surface area (Å²) < 4.78 is 38.0. The van der Waals surface area contributed by atoms with Gasteiger partial charge in [-0.1, -0.05) is 41.9 Å². The molecule has 0 radical (unpaired) electrons. The lowest BCUT2D eigenvalue weighted by atomic mass is 9.92. The number of benzene rings is 3. The molecule has 9 heteroatoms. The maximum atomic E-state index is 12.7. The van der Waals surface area contributed by atoms with Crippen molar-refractivity contribution in [1.29, 1.82) is 0 Å². The number of rotatable bonds is 3. The first-order valence-corrected chi connectivity index (χ1v) is 10.1. The number of urea groups is 1. The zero-order valence-electron chi connectivity index (χ0n) is 16.6. The van der Waals surface area contributed by atoms with E-state index < -0.39 is 17.8 Å². The topological polar surface area (TPSA) is 65.5 Å². The molecule has 3 aromatic carbocycles. The molecular formula is C23H18ClF3N4O. The molecule has 1 aliphatic rings. The number of hydrazone groups is 1. The SMILES string of the molecule is O=C(NN=C1CC(c2ccccc2)Nc2ccc(Cl)cc21)Nc1ccc(C(F)(F)F)cc1. The second-order valence-corrected chi connectivity index (χ2v) is 7.64. The lowest BCUT2D eigenvalue weighted by Crippen LogP contribution is -2.29. The van der Waals surface area contributed by atoms with Gasteiger partial charge in [-0.15, -0.1) is 0 Å². The van der Waals surface area contributed by atoms with E-state index in [1.807, 2.05) is 36.4 Å². The van der Waals surface area contributed by atoms with Crippen LogP contribution in [0.5, 0.6) is 0 Å². The van der Waals surface area contributed by atoms with Gasteiger partial charge in [-0.2, -0.15) is 18.3 Å². The maximum Gasteiger partial charge on any atom is 0.416 e. The van der Waals surface area contributed by atoms with E-state index in [-0.39, 0.29) is 11.7 Å². The van der Waals surface area contributed by atoms with Gasteiger partial charge in [-0.05, 0) is 48.0 Å². The van der Waals surface area contributed by atoms with E-state index >= 15 is 0 Å². The minimum Gasteiger partial charge on any atom is -0.377 e.